The smallest absolute Gasteiger partial charge is 0.410 e. The zero-order chi connectivity index (χ0) is 9.54. The zero-order valence-corrected chi connectivity index (χ0v) is 8.24. The molecule has 4 nitrogen and oxygen atoms in total. The first kappa shape index (κ1) is 8.53. The molecule has 2 saturated heterocycles. The Bertz CT molecular complexity index is 253. The largest absolute Gasteiger partial charge is 0.443 e. The van der Waals surface area contributed by atoms with Gasteiger partial charge >= 0.3 is 6.09 Å². The zero-order valence-electron chi connectivity index (χ0n) is 8.24. The van der Waals surface area contributed by atoms with Crippen LogP contribution in [0.2, 0.25) is 0 Å². The van der Waals surface area contributed by atoms with Gasteiger partial charge in [0.25, 0.3) is 0 Å². The highest BCUT2D eigenvalue weighted by Crippen LogP contribution is 2.33. The predicted octanol–water partition coefficient (Wildman–Crippen LogP) is 0.579. The molecule has 0 radical (unpaired) electrons. The van der Waals surface area contributed by atoms with E-state index in [0.717, 1.165) is 32.0 Å². The molecule has 3 fully saturated rings. The Hall–Kier alpha value is -0.770. The number of hydrogen-bond donors (Lipinski definition) is 1. The van der Waals surface area contributed by atoms with Gasteiger partial charge in [-0.1, -0.05) is 0 Å². The number of ether oxygens (including phenoxy) is 1. The van der Waals surface area contributed by atoms with Crippen LogP contribution in [0.1, 0.15) is 19.3 Å². The molecule has 0 aromatic heterocycles. The maximum Gasteiger partial charge on any atom is 0.410 e. The second-order valence-corrected chi connectivity index (χ2v) is 4.58. The SMILES string of the molecule is O=C1OC2CNCCC2N1CC1CC1. The Morgan fingerprint density at radius 3 is 3.07 bits per heavy atom. The molecule has 1 N–H and O–H groups in total. The molecule has 4 heteroatoms. The maximum absolute atomic E-state index is 11.6. The van der Waals surface area contributed by atoms with Crippen LogP contribution in [0.5, 0.6) is 0 Å². The van der Waals surface area contributed by atoms with E-state index in [4.69, 9.17) is 4.74 Å². The normalized spacial score (nSPS) is 36.9. The van der Waals surface area contributed by atoms with Crippen molar-refractivity contribution in [3.05, 3.63) is 0 Å². The summed E-state index contributed by atoms with van der Waals surface area (Å²) in [4.78, 5) is 13.5. The van der Waals surface area contributed by atoms with E-state index in [9.17, 15) is 4.79 Å². The molecule has 0 bridgehead atoms. The number of hydrogen-bond acceptors (Lipinski definition) is 3. The Kier molecular flexibility index (Phi) is 1.90. The van der Waals surface area contributed by atoms with Gasteiger partial charge in [0.2, 0.25) is 0 Å². The summed E-state index contributed by atoms with van der Waals surface area (Å²) in [6, 6.07) is 0.351. The Balaban J connectivity index is 1.70. The minimum absolute atomic E-state index is 0.0874. The first-order chi connectivity index (χ1) is 6.84. The molecule has 2 heterocycles. The highest BCUT2D eigenvalue weighted by molar-refractivity contribution is 5.70. The predicted molar refractivity (Wildman–Crippen MR) is 51.0 cm³/mol. The highest BCUT2D eigenvalue weighted by atomic mass is 16.6. The average Bonchev–Trinajstić information content (AvgIpc) is 2.93. The fourth-order valence-electron chi connectivity index (χ4n) is 2.41. The fraction of sp³-hybridized carbons (Fsp3) is 0.900. The van der Waals surface area contributed by atoms with Crippen LogP contribution >= 0.6 is 0 Å². The van der Waals surface area contributed by atoms with Crippen molar-refractivity contribution < 1.29 is 9.53 Å². The van der Waals surface area contributed by atoms with Crippen LogP contribution in [0.4, 0.5) is 4.79 Å². The molecule has 1 amide bonds. The van der Waals surface area contributed by atoms with Crippen molar-refractivity contribution in [2.75, 3.05) is 19.6 Å². The van der Waals surface area contributed by atoms with Gasteiger partial charge < -0.3 is 15.0 Å². The molecule has 2 aliphatic heterocycles. The average molecular weight is 196 g/mol. The molecule has 0 aromatic rings. The van der Waals surface area contributed by atoms with Crippen molar-refractivity contribution >= 4 is 6.09 Å². The molecule has 2 atom stereocenters. The van der Waals surface area contributed by atoms with Crippen LogP contribution in [-0.4, -0.2) is 42.8 Å². The van der Waals surface area contributed by atoms with Gasteiger partial charge in [0.05, 0.1) is 6.04 Å². The van der Waals surface area contributed by atoms with Crippen molar-refractivity contribution in [1.82, 2.24) is 10.2 Å². The van der Waals surface area contributed by atoms with Gasteiger partial charge in [-0.3, -0.25) is 0 Å². The third kappa shape index (κ3) is 1.38. The van der Waals surface area contributed by atoms with Crippen LogP contribution in [0.25, 0.3) is 0 Å². The minimum Gasteiger partial charge on any atom is -0.443 e. The lowest BCUT2D eigenvalue weighted by Crippen LogP contribution is -2.47. The van der Waals surface area contributed by atoms with Crippen LogP contribution in [0, 0.1) is 5.92 Å². The fourth-order valence-corrected chi connectivity index (χ4v) is 2.41. The first-order valence-corrected chi connectivity index (χ1v) is 5.52. The number of nitrogens with zero attached hydrogens (tertiary/aromatic N) is 1. The molecule has 14 heavy (non-hydrogen) atoms. The second-order valence-electron chi connectivity index (χ2n) is 4.58. The van der Waals surface area contributed by atoms with E-state index in [1.807, 2.05) is 4.90 Å². The van der Waals surface area contributed by atoms with Crippen LogP contribution in [0.3, 0.4) is 0 Å². The summed E-state index contributed by atoms with van der Waals surface area (Å²) in [6.07, 6.45) is 3.65. The van der Waals surface area contributed by atoms with Gasteiger partial charge in [-0.25, -0.2) is 4.79 Å². The Morgan fingerprint density at radius 1 is 1.43 bits per heavy atom. The number of piperidine rings is 1. The van der Waals surface area contributed by atoms with E-state index in [1.54, 1.807) is 0 Å². The van der Waals surface area contributed by atoms with Crippen molar-refractivity contribution in [3.8, 4) is 0 Å². The van der Waals surface area contributed by atoms with Crippen molar-refractivity contribution in [2.24, 2.45) is 5.92 Å². The van der Waals surface area contributed by atoms with E-state index in [-0.39, 0.29) is 12.2 Å². The van der Waals surface area contributed by atoms with Gasteiger partial charge in [0, 0.05) is 13.1 Å². The van der Waals surface area contributed by atoms with Crippen LogP contribution < -0.4 is 5.32 Å². The molecular formula is C10H16N2O2. The molecule has 3 aliphatic rings. The number of fused-ring (bicyclic) bond motifs is 1. The van der Waals surface area contributed by atoms with E-state index in [2.05, 4.69) is 5.32 Å². The van der Waals surface area contributed by atoms with Crippen LogP contribution in [0.15, 0.2) is 0 Å². The summed E-state index contributed by atoms with van der Waals surface area (Å²) in [6.45, 7) is 2.77. The summed E-state index contributed by atoms with van der Waals surface area (Å²) in [5.41, 5.74) is 0. The molecular weight excluding hydrogens is 180 g/mol. The highest BCUT2D eigenvalue weighted by Gasteiger charge is 2.44. The summed E-state index contributed by atoms with van der Waals surface area (Å²) < 4.78 is 5.33. The molecule has 1 aliphatic carbocycles. The van der Waals surface area contributed by atoms with Gasteiger partial charge in [0.1, 0.15) is 6.10 Å². The summed E-state index contributed by atoms with van der Waals surface area (Å²) >= 11 is 0. The van der Waals surface area contributed by atoms with Gasteiger partial charge in [-0.05, 0) is 31.7 Å². The maximum atomic E-state index is 11.6. The number of rotatable bonds is 2. The van der Waals surface area contributed by atoms with Gasteiger partial charge in [0.15, 0.2) is 0 Å². The lowest BCUT2D eigenvalue weighted by Gasteiger charge is -2.28. The first-order valence-electron chi connectivity index (χ1n) is 5.52. The van der Waals surface area contributed by atoms with E-state index < -0.39 is 0 Å². The summed E-state index contributed by atoms with van der Waals surface area (Å²) in [5, 5.41) is 3.26. The van der Waals surface area contributed by atoms with Crippen molar-refractivity contribution in [2.45, 2.75) is 31.4 Å². The number of carbonyl (C=O) groups is 1. The minimum atomic E-state index is -0.0874. The monoisotopic (exact) mass is 196 g/mol. The quantitative estimate of drug-likeness (QED) is 0.702. The van der Waals surface area contributed by atoms with E-state index in [0.29, 0.717) is 6.04 Å². The third-order valence-corrected chi connectivity index (χ3v) is 3.43. The Morgan fingerprint density at radius 2 is 2.29 bits per heavy atom. The third-order valence-electron chi connectivity index (χ3n) is 3.43. The number of nitrogens with one attached hydrogen (secondary N) is 1. The van der Waals surface area contributed by atoms with Gasteiger partial charge in [-0.2, -0.15) is 0 Å². The van der Waals surface area contributed by atoms with Crippen molar-refractivity contribution in [1.29, 1.82) is 0 Å². The molecule has 0 spiro atoms. The second kappa shape index (κ2) is 3.12. The topological polar surface area (TPSA) is 41.6 Å². The lowest BCUT2D eigenvalue weighted by atomic mass is 10.0. The Labute approximate surface area is 83.6 Å². The number of carbonyl (C=O) groups excluding carboxylic acids is 1. The van der Waals surface area contributed by atoms with Crippen LogP contribution in [-0.2, 0) is 4.74 Å². The summed E-state index contributed by atoms with van der Waals surface area (Å²) in [7, 11) is 0. The molecule has 78 valence electrons. The van der Waals surface area contributed by atoms with Gasteiger partial charge in [-0.15, -0.1) is 0 Å². The molecule has 1 saturated carbocycles. The molecule has 3 rings (SSSR count). The molecule has 2 unspecified atom stereocenters. The van der Waals surface area contributed by atoms with E-state index in [1.165, 1.54) is 12.8 Å². The lowest BCUT2D eigenvalue weighted by molar-refractivity contribution is 0.121. The van der Waals surface area contributed by atoms with Crippen molar-refractivity contribution in [3.63, 3.8) is 0 Å². The molecule has 0 aromatic carbocycles. The van der Waals surface area contributed by atoms with E-state index >= 15 is 0 Å². The standard InChI is InChI=1S/C10H16N2O2/c13-10-12(6-7-1-2-7)8-3-4-11-5-9(8)14-10/h7-9,11H,1-6H2. The summed E-state index contributed by atoms with van der Waals surface area (Å²) in [5.74, 6) is 0.760. The number of amides is 1.